The maximum atomic E-state index is 12.4. The number of likely N-dealkylation sites (N-methyl/N-ethyl adjacent to an activating group) is 1. The molecule has 1 fully saturated rings. The number of anilines is 1. The van der Waals surface area contributed by atoms with Crippen LogP contribution in [0.25, 0.3) is 0 Å². The lowest BCUT2D eigenvalue weighted by Gasteiger charge is -2.33. The maximum Gasteiger partial charge on any atom is 0.313 e. The molecule has 2 amide bonds. The fraction of sp³-hybridized carbons (Fsp3) is 0.364. The molecule has 0 aliphatic carbocycles. The third-order valence-electron chi connectivity index (χ3n) is 5.49. The Balaban J connectivity index is 1.63. The van der Waals surface area contributed by atoms with Crippen molar-refractivity contribution in [3.63, 3.8) is 0 Å². The van der Waals surface area contributed by atoms with Crippen LogP contribution in [0, 0.1) is 6.92 Å². The number of hydrogen-bond donors (Lipinski definition) is 4. The van der Waals surface area contributed by atoms with Crippen LogP contribution in [0.2, 0.25) is 5.02 Å². The summed E-state index contributed by atoms with van der Waals surface area (Å²) < 4.78 is 0. The van der Waals surface area contributed by atoms with E-state index in [4.69, 9.17) is 11.6 Å². The molecule has 7 heteroatoms. The normalized spacial score (nSPS) is 20.0. The van der Waals surface area contributed by atoms with E-state index in [1.165, 1.54) is 20.9 Å². The second kappa shape index (κ2) is 9.87. The van der Waals surface area contributed by atoms with E-state index < -0.39 is 11.8 Å². The Kier molecular flexibility index (Phi) is 7.25. The lowest BCUT2D eigenvalue weighted by molar-refractivity contribution is -1.02. The van der Waals surface area contributed by atoms with E-state index in [0.717, 1.165) is 26.2 Å². The molecule has 0 unspecified atom stereocenters. The van der Waals surface area contributed by atoms with Crippen molar-refractivity contribution in [3.8, 4) is 0 Å². The van der Waals surface area contributed by atoms with Crippen molar-refractivity contribution in [1.82, 2.24) is 5.32 Å². The minimum absolute atomic E-state index is 0.121. The average Bonchev–Trinajstić information content (AvgIpc) is 2.72. The number of quaternary nitrogens is 2. The molecule has 0 aromatic heterocycles. The van der Waals surface area contributed by atoms with Crippen molar-refractivity contribution in [3.05, 3.63) is 64.7 Å². The quantitative estimate of drug-likeness (QED) is 0.512. The fourth-order valence-corrected chi connectivity index (χ4v) is 3.77. The Bertz CT molecular complexity index is 831. The van der Waals surface area contributed by atoms with Gasteiger partial charge >= 0.3 is 11.8 Å². The van der Waals surface area contributed by atoms with Crippen LogP contribution in [-0.4, -0.2) is 51.6 Å². The maximum absolute atomic E-state index is 12.4. The SMILES string of the molecule is Cc1ccc([C@H](CNC(=O)C(=O)Nc2ccc(Cl)cc2)[NH+]2CC[NH+](C)CC2)cc1. The molecule has 1 heterocycles. The standard InChI is InChI=1S/C22H27ClN4O2/c1-16-3-5-17(6-4-16)20(27-13-11-26(2)12-14-27)15-24-21(28)22(29)25-19-9-7-18(23)8-10-19/h3-10,20H,11-15H2,1-2H3,(H,24,28)(H,25,29)/p+2/t20-/m0/s1. The zero-order valence-electron chi connectivity index (χ0n) is 16.9. The average molecular weight is 417 g/mol. The van der Waals surface area contributed by atoms with Crippen LogP contribution < -0.4 is 20.4 Å². The van der Waals surface area contributed by atoms with E-state index in [0.29, 0.717) is 17.3 Å². The van der Waals surface area contributed by atoms with Crippen molar-refractivity contribution < 1.29 is 19.4 Å². The van der Waals surface area contributed by atoms with Gasteiger partial charge in [0.1, 0.15) is 32.2 Å². The van der Waals surface area contributed by atoms with Crippen LogP contribution >= 0.6 is 11.6 Å². The highest BCUT2D eigenvalue weighted by molar-refractivity contribution is 6.39. The summed E-state index contributed by atoms with van der Waals surface area (Å²) in [5.41, 5.74) is 2.93. The number of amides is 2. The van der Waals surface area contributed by atoms with Crippen LogP contribution in [0.5, 0.6) is 0 Å². The van der Waals surface area contributed by atoms with Crippen molar-refractivity contribution in [1.29, 1.82) is 0 Å². The highest BCUT2D eigenvalue weighted by Gasteiger charge is 2.30. The molecule has 1 atom stereocenters. The van der Waals surface area contributed by atoms with Crippen LogP contribution in [0.15, 0.2) is 48.5 Å². The molecule has 2 aromatic rings. The first kappa shape index (κ1) is 21.3. The molecular weight excluding hydrogens is 388 g/mol. The van der Waals surface area contributed by atoms with E-state index in [1.54, 1.807) is 24.3 Å². The smallest absolute Gasteiger partial charge is 0.313 e. The Morgan fingerprint density at radius 2 is 1.59 bits per heavy atom. The third kappa shape index (κ3) is 6.03. The van der Waals surface area contributed by atoms with E-state index in [9.17, 15) is 9.59 Å². The van der Waals surface area contributed by atoms with E-state index in [2.05, 4.69) is 48.9 Å². The minimum atomic E-state index is -0.673. The monoisotopic (exact) mass is 416 g/mol. The van der Waals surface area contributed by atoms with Gasteiger partial charge in [0.25, 0.3) is 0 Å². The molecular formula is C22H29ClN4O2+2. The lowest BCUT2D eigenvalue weighted by Crippen LogP contribution is -3.27. The predicted molar refractivity (Wildman–Crippen MR) is 114 cm³/mol. The second-order valence-corrected chi connectivity index (χ2v) is 8.19. The van der Waals surface area contributed by atoms with Gasteiger partial charge in [-0.3, -0.25) is 9.59 Å². The van der Waals surface area contributed by atoms with E-state index >= 15 is 0 Å². The number of rotatable bonds is 5. The summed E-state index contributed by atoms with van der Waals surface area (Å²) in [6.45, 7) is 6.76. The number of benzene rings is 2. The molecule has 1 aliphatic heterocycles. The first-order valence-corrected chi connectivity index (χ1v) is 10.4. The molecule has 0 saturated carbocycles. The lowest BCUT2D eigenvalue weighted by atomic mass is 10.0. The molecule has 0 bridgehead atoms. The number of nitrogens with one attached hydrogen (secondary N) is 4. The summed E-state index contributed by atoms with van der Waals surface area (Å²) >= 11 is 5.85. The van der Waals surface area contributed by atoms with Crippen molar-refractivity contribution in [2.45, 2.75) is 13.0 Å². The number of piperazine rings is 1. The third-order valence-corrected chi connectivity index (χ3v) is 5.75. The fourth-order valence-electron chi connectivity index (χ4n) is 3.64. The minimum Gasteiger partial charge on any atom is -0.341 e. The summed E-state index contributed by atoms with van der Waals surface area (Å²) in [6.07, 6.45) is 0. The Labute approximate surface area is 176 Å². The molecule has 1 saturated heterocycles. The second-order valence-electron chi connectivity index (χ2n) is 7.75. The Morgan fingerprint density at radius 1 is 0.966 bits per heavy atom. The van der Waals surface area contributed by atoms with Gasteiger partial charge in [0.15, 0.2) is 0 Å². The number of carbonyl (C=O) groups is 2. The molecule has 0 spiro atoms. The zero-order chi connectivity index (χ0) is 20.8. The summed E-state index contributed by atoms with van der Waals surface area (Å²) in [4.78, 5) is 27.6. The van der Waals surface area contributed by atoms with Gasteiger partial charge in [-0.1, -0.05) is 41.4 Å². The van der Waals surface area contributed by atoms with Crippen molar-refractivity contribution >= 4 is 29.1 Å². The molecule has 1 aliphatic rings. The number of halogens is 1. The Hall–Kier alpha value is -2.41. The van der Waals surface area contributed by atoms with Gasteiger partial charge in [-0.05, 0) is 31.2 Å². The summed E-state index contributed by atoms with van der Waals surface area (Å²) in [7, 11) is 2.21. The molecule has 0 radical (unpaired) electrons. The number of carbonyl (C=O) groups excluding carboxylic acids is 2. The first-order valence-electron chi connectivity index (χ1n) is 9.99. The number of aryl methyl sites for hydroxylation is 1. The van der Waals surface area contributed by atoms with Gasteiger partial charge in [-0.2, -0.15) is 0 Å². The highest BCUT2D eigenvalue weighted by atomic mass is 35.5. The molecule has 29 heavy (non-hydrogen) atoms. The van der Waals surface area contributed by atoms with Gasteiger partial charge in [-0.25, -0.2) is 0 Å². The van der Waals surface area contributed by atoms with E-state index in [1.807, 2.05) is 0 Å². The van der Waals surface area contributed by atoms with Crippen molar-refractivity contribution in [2.75, 3.05) is 45.1 Å². The summed E-state index contributed by atoms with van der Waals surface area (Å²) in [6, 6.07) is 15.2. The number of hydrogen-bond acceptors (Lipinski definition) is 2. The van der Waals surface area contributed by atoms with Gasteiger partial charge in [0.2, 0.25) is 0 Å². The molecule has 4 N–H and O–H groups in total. The van der Waals surface area contributed by atoms with Gasteiger partial charge in [0.05, 0.1) is 13.6 Å². The van der Waals surface area contributed by atoms with E-state index in [-0.39, 0.29) is 6.04 Å². The summed E-state index contributed by atoms with van der Waals surface area (Å²) in [5, 5.41) is 6.01. The predicted octanol–water partition coefficient (Wildman–Crippen LogP) is -0.142. The summed E-state index contributed by atoms with van der Waals surface area (Å²) in [5.74, 6) is -1.30. The molecule has 6 nitrogen and oxygen atoms in total. The highest BCUT2D eigenvalue weighted by Crippen LogP contribution is 2.13. The zero-order valence-corrected chi connectivity index (χ0v) is 17.7. The first-order chi connectivity index (χ1) is 13.9. The van der Waals surface area contributed by atoms with Crippen LogP contribution in [0.4, 0.5) is 5.69 Å². The largest absolute Gasteiger partial charge is 0.341 e. The van der Waals surface area contributed by atoms with Crippen LogP contribution in [-0.2, 0) is 9.59 Å². The molecule has 2 aromatic carbocycles. The van der Waals surface area contributed by atoms with Gasteiger partial charge < -0.3 is 20.4 Å². The molecule has 154 valence electrons. The van der Waals surface area contributed by atoms with Crippen LogP contribution in [0.3, 0.4) is 0 Å². The topological polar surface area (TPSA) is 67.1 Å². The van der Waals surface area contributed by atoms with Crippen LogP contribution in [0.1, 0.15) is 17.2 Å². The Morgan fingerprint density at radius 3 is 2.21 bits per heavy atom. The molecule has 3 rings (SSSR count). The van der Waals surface area contributed by atoms with Crippen molar-refractivity contribution in [2.24, 2.45) is 0 Å². The van der Waals surface area contributed by atoms with Gasteiger partial charge in [0, 0.05) is 16.3 Å². The van der Waals surface area contributed by atoms with Gasteiger partial charge in [-0.15, -0.1) is 0 Å².